The van der Waals surface area contributed by atoms with Gasteiger partial charge in [-0.25, -0.2) is 4.79 Å². The monoisotopic (exact) mass is 505 g/mol. The molecule has 0 aliphatic carbocycles. The molecular formula is C20H39N7O6S. The predicted octanol–water partition coefficient (Wildman–Crippen LogP) is -2.30. The lowest BCUT2D eigenvalue weighted by atomic mass is 10.0. The zero-order valence-corrected chi connectivity index (χ0v) is 20.8. The van der Waals surface area contributed by atoms with E-state index in [2.05, 4.69) is 20.9 Å². The zero-order chi connectivity index (χ0) is 26.3. The van der Waals surface area contributed by atoms with Gasteiger partial charge in [-0.1, -0.05) is 13.8 Å². The molecule has 4 unspecified atom stereocenters. The molecule has 0 aliphatic rings. The standard InChI is InChI=1S/C20H39N7O6S/c1-11(2)9-14(26-16(29)12(21)6-8-34-3)18(31)25-13(5-4-7-24-20(22)23)17(30)27-15(10-28)19(32)33/h11-15,28H,4-10,21H2,1-3H3,(H,25,31)(H,26,29)(H,27,30)(H,32,33)(H4,22,23,24). The molecule has 0 rings (SSSR count). The van der Waals surface area contributed by atoms with E-state index in [1.165, 1.54) is 0 Å². The number of guanidine groups is 1. The van der Waals surface area contributed by atoms with Crippen molar-refractivity contribution in [3.8, 4) is 0 Å². The van der Waals surface area contributed by atoms with Crippen LogP contribution in [0.1, 0.15) is 39.5 Å². The minimum absolute atomic E-state index is 0.0402. The van der Waals surface area contributed by atoms with Crippen molar-refractivity contribution in [3.05, 3.63) is 0 Å². The van der Waals surface area contributed by atoms with Crippen LogP contribution in [0.25, 0.3) is 0 Å². The molecule has 0 heterocycles. The first-order valence-corrected chi connectivity index (χ1v) is 12.4. The largest absolute Gasteiger partial charge is 0.480 e. The Bertz CT molecular complexity index is 703. The minimum atomic E-state index is -1.54. The molecule has 0 aromatic rings. The van der Waals surface area contributed by atoms with Crippen LogP contribution in [0, 0.1) is 5.92 Å². The SMILES string of the molecule is CSCCC(N)C(=O)NC(CC(C)C)C(=O)NC(CCCN=C(N)N)C(=O)NC(CO)C(=O)O. The van der Waals surface area contributed by atoms with Gasteiger partial charge in [0.05, 0.1) is 12.6 Å². The smallest absolute Gasteiger partial charge is 0.328 e. The Morgan fingerprint density at radius 3 is 2.00 bits per heavy atom. The molecule has 13 nitrogen and oxygen atoms in total. The van der Waals surface area contributed by atoms with E-state index in [1.54, 1.807) is 11.8 Å². The number of aliphatic hydroxyl groups is 1. The first-order valence-electron chi connectivity index (χ1n) is 11.0. The fourth-order valence-electron chi connectivity index (χ4n) is 2.86. The Hall–Kier alpha value is -2.58. The molecule has 0 spiro atoms. The summed E-state index contributed by atoms with van der Waals surface area (Å²) in [4.78, 5) is 53.1. The fraction of sp³-hybridized carbons (Fsp3) is 0.750. The second-order valence-corrected chi connectivity index (χ2v) is 9.16. The summed E-state index contributed by atoms with van der Waals surface area (Å²) in [5.41, 5.74) is 16.5. The van der Waals surface area contributed by atoms with Gasteiger partial charge >= 0.3 is 5.97 Å². The quantitative estimate of drug-likeness (QED) is 0.0597. The second-order valence-electron chi connectivity index (χ2n) is 8.17. The Morgan fingerprint density at radius 1 is 0.941 bits per heavy atom. The highest BCUT2D eigenvalue weighted by Gasteiger charge is 2.30. The number of carboxylic acid groups (broad SMARTS) is 1. The number of carboxylic acids is 1. The van der Waals surface area contributed by atoms with Crippen LogP contribution in [-0.2, 0) is 19.2 Å². The van der Waals surface area contributed by atoms with E-state index >= 15 is 0 Å². The number of aliphatic imine (C=N–C) groups is 1. The van der Waals surface area contributed by atoms with E-state index in [0.29, 0.717) is 25.0 Å². The van der Waals surface area contributed by atoms with E-state index in [0.717, 1.165) is 0 Å². The number of rotatable bonds is 17. The number of carbonyl (C=O) groups is 4. The first kappa shape index (κ1) is 31.4. The highest BCUT2D eigenvalue weighted by Crippen LogP contribution is 2.08. The lowest BCUT2D eigenvalue weighted by Gasteiger charge is -2.25. The summed E-state index contributed by atoms with van der Waals surface area (Å²) in [5.74, 6) is -2.72. The number of carbonyl (C=O) groups excluding carboxylic acids is 3. The molecular weight excluding hydrogens is 466 g/mol. The average molecular weight is 506 g/mol. The molecule has 0 radical (unpaired) electrons. The van der Waals surface area contributed by atoms with Gasteiger partial charge < -0.3 is 43.4 Å². The molecule has 3 amide bonds. The Kier molecular flexibility index (Phi) is 15.7. The maximum atomic E-state index is 13.0. The van der Waals surface area contributed by atoms with Crippen molar-refractivity contribution >= 4 is 41.4 Å². The Morgan fingerprint density at radius 2 is 1.50 bits per heavy atom. The van der Waals surface area contributed by atoms with Crippen LogP contribution in [0.3, 0.4) is 0 Å². The van der Waals surface area contributed by atoms with Gasteiger partial charge in [-0.2, -0.15) is 11.8 Å². The number of aliphatic carboxylic acids is 1. The number of hydrogen-bond donors (Lipinski definition) is 8. The lowest BCUT2D eigenvalue weighted by Crippen LogP contribution is -2.57. The van der Waals surface area contributed by atoms with Crippen molar-refractivity contribution in [3.63, 3.8) is 0 Å². The summed E-state index contributed by atoms with van der Waals surface area (Å²) in [5, 5.41) is 25.7. The number of nitrogens with zero attached hydrogens (tertiary/aromatic N) is 1. The number of nitrogens with one attached hydrogen (secondary N) is 3. The van der Waals surface area contributed by atoms with E-state index in [1.807, 2.05) is 20.1 Å². The van der Waals surface area contributed by atoms with E-state index in [4.69, 9.17) is 22.3 Å². The second kappa shape index (κ2) is 16.9. The summed E-state index contributed by atoms with van der Waals surface area (Å²) in [6.45, 7) is 3.10. The molecule has 0 saturated carbocycles. The number of hydrogen-bond acceptors (Lipinski definition) is 8. The normalized spacial score (nSPS) is 14.4. The lowest BCUT2D eigenvalue weighted by molar-refractivity contribution is -0.143. The van der Waals surface area contributed by atoms with Gasteiger partial charge in [0.2, 0.25) is 17.7 Å². The number of aliphatic hydroxyl groups excluding tert-OH is 1. The molecule has 14 heteroatoms. The van der Waals surface area contributed by atoms with Gasteiger partial charge in [0.25, 0.3) is 0 Å². The Balaban J connectivity index is 5.48. The van der Waals surface area contributed by atoms with Crippen molar-refractivity contribution in [1.29, 1.82) is 0 Å². The molecule has 0 fully saturated rings. The summed E-state index contributed by atoms with van der Waals surface area (Å²) in [6, 6.07) is -4.42. The highest BCUT2D eigenvalue weighted by molar-refractivity contribution is 7.98. The molecule has 4 atom stereocenters. The van der Waals surface area contributed by atoms with Gasteiger partial charge in [0, 0.05) is 6.54 Å². The zero-order valence-electron chi connectivity index (χ0n) is 20.0. The fourth-order valence-corrected chi connectivity index (χ4v) is 3.35. The van der Waals surface area contributed by atoms with Crippen LogP contribution >= 0.6 is 11.8 Å². The van der Waals surface area contributed by atoms with Gasteiger partial charge in [0.15, 0.2) is 5.96 Å². The van der Waals surface area contributed by atoms with E-state index in [9.17, 15) is 24.3 Å². The molecule has 0 bridgehead atoms. The summed E-state index contributed by atoms with van der Waals surface area (Å²) in [6.07, 6.45) is 3.01. The molecule has 0 aromatic carbocycles. The van der Waals surface area contributed by atoms with Crippen molar-refractivity contribution in [2.24, 2.45) is 28.1 Å². The third-order valence-corrected chi connectivity index (χ3v) is 5.33. The van der Waals surface area contributed by atoms with Crippen LogP contribution in [0.2, 0.25) is 0 Å². The highest BCUT2D eigenvalue weighted by atomic mass is 32.2. The van der Waals surface area contributed by atoms with Crippen molar-refractivity contribution in [1.82, 2.24) is 16.0 Å². The third kappa shape index (κ3) is 13.2. The third-order valence-electron chi connectivity index (χ3n) is 4.69. The van der Waals surface area contributed by atoms with Gasteiger partial charge in [-0.3, -0.25) is 19.4 Å². The molecule has 34 heavy (non-hydrogen) atoms. The van der Waals surface area contributed by atoms with E-state index in [-0.39, 0.29) is 24.8 Å². The van der Waals surface area contributed by atoms with Crippen molar-refractivity contribution in [2.75, 3.05) is 25.2 Å². The maximum absolute atomic E-state index is 13.0. The van der Waals surface area contributed by atoms with Crippen LogP contribution in [0.5, 0.6) is 0 Å². The van der Waals surface area contributed by atoms with Crippen LogP contribution < -0.4 is 33.2 Å². The molecule has 0 aliphatic heterocycles. The molecule has 0 saturated heterocycles. The van der Waals surface area contributed by atoms with Crippen LogP contribution in [0.15, 0.2) is 4.99 Å². The molecule has 11 N–H and O–H groups in total. The summed E-state index contributed by atoms with van der Waals surface area (Å²) < 4.78 is 0. The topological polar surface area (TPSA) is 235 Å². The molecule has 0 aromatic heterocycles. The van der Waals surface area contributed by atoms with Crippen LogP contribution in [0.4, 0.5) is 0 Å². The van der Waals surface area contributed by atoms with Gasteiger partial charge in [-0.05, 0) is 43.6 Å². The predicted molar refractivity (Wildman–Crippen MR) is 131 cm³/mol. The summed E-state index contributed by atoms with van der Waals surface area (Å²) in [7, 11) is 0. The Labute approximate surface area is 204 Å². The maximum Gasteiger partial charge on any atom is 0.328 e. The van der Waals surface area contributed by atoms with Gasteiger partial charge in [0.1, 0.15) is 18.1 Å². The number of nitrogens with two attached hydrogens (primary N) is 3. The van der Waals surface area contributed by atoms with E-state index < -0.39 is 54.5 Å². The van der Waals surface area contributed by atoms with Crippen molar-refractivity contribution < 1.29 is 29.4 Å². The number of thioether (sulfide) groups is 1. The minimum Gasteiger partial charge on any atom is -0.480 e. The molecule has 196 valence electrons. The average Bonchev–Trinajstić information content (AvgIpc) is 2.75. The van der Waals surface area contributed by atoms with Crippen LogP contribution in [-0.4, -0.2) is 89.2 Å². The first-order chi connectivity index (χ1) is 15.9. The van der Waals surface area contributed by atoms with Gasteiger partial charge in [-0.15, -0.1) is 0 Å². The summed E-state index contributed by atoms with van der Waals surface area (Å²) >= 11 is 1.55. The number of amides is 3. The van der Waals surface area contributed by atoms with Crippen molar-refractivity contribution in [2.45, 2.75) is 63.7 Å².